The number of methoxy groups -OCH3 is 1. The van der Waals surface area contributed by atoms with Crippen LogP contribution in [0.25, 0.3) is 11.3 Å². The van der Waals surface area contributed by atoms with Crippen molar-refractivity contribution < 1.29 is 4.74 Å². The molecule has 1 aliphatic heterocycles. The van der Waals surface area contributed by atoms with Crippen molar-refractivity contribution in [2.45, 2.75) is 31.3 Å². The molecule has 0 radical (unpaired) electrons. The number of benzene rings is 2. The summed E-state index contributed by atoms with van der Waals surface area (Å²) in [4.78, 5) is 5.14. The van der Waals surface area contributed by atoms with E-state index >= 15 is 0 Å². The zero-order chi connectivity index (χ0) is 22.1. The Kier molecular flexibility index (Phi) is 6.31. The second-order valence-electron chi connectivity index (χ2n) is 8.65. The number of piperazine rings is 1. The highest BCUT2D eigenvalue weighted by atomic mass is 35.5. The van der Waals surface area contributed by atoms with Crippen LogP contribution in [0.2, 0.25) is 10.0 Å². The number of hydrogen-bond acceptors (Lipinski definition) is 4. The summed E-state index contributed by atoms with van der Waals surface area (Å²) in [7, 11) is 1.71. The molecule has 2 aliphatic rings. The first-order chi connectivity index (χ1) is 15.6. The van der Waals surface area contributed by atoms with Crippen molar-refractivity contribution in [1.29, 1.82) is 0 Å². The van der Waals surface area contributed by atoms with Crippen LogP contribution in [-0.2, 0) is 0 Å². The number of anilines is 1. The van der Waals surface area contributed by atoms with Crippen LogP contribution in [0.1, 0.15) is 25.3 Å². The predicted molar refractivity (Wildman–Crippen MR) is 131 cm³/mol. The first-order valence-corrected chi connectivity index (χ1v) is 12.0. The minimum Gasteiger partial charge on any atom is -0.497 e. The minimum atomic E-state index is 0.455. The Morgan fingerprint density at radius 2 is 1.62 bits per heavy atom. The van der Waals surface area contributed by atoms with Gasteiger partial charge in [0.05, 0.1) is 28.9 Å². The number of aromatic nitrogens is 2. The summed E-state index contributed by atoms with van der Waals surface area (Å²) >= 11 is 12.2. The van der Waals surface area contributed by atoms with Crippen molar-refractivity contribution in [1.82, 2.24) is 14.7 Å². The van der Waals surface area contributed by atoms with Crippen molar-refractivity contribution >= 4 is 28.9 Å². The summed E-state index contributed by atoms with van der Waals surface area (Å²) in [6.07, 6.45) is 5.67. The zero-order valence-electron chi connectivity index (χ0n) is 18.3. The van der Waals surface area contributed by atoms with Crippen molar-refractivity contribution in [2.75, 3.05) is 38.2 Å². The molecule has 1 saturated heterocycles. The van der Waals surface area contributed by atoms with E-state index in [2.05, 4.69) is 38.9 Å². The van der Waals surface area contributed by atoms with E-state index in [0.29, 0.717) is 22.1 Å². The lowest BCUT2D eigenvalue weighted by Crippen LogP contribution is -2.49. The fourth-order valence-electron chi connectivity index (χ4n) is 5.00. The summed E-state index contributed by atoms with van der Waals surface area (Å²) in [6.45, 7) is 4.35. The Labute approximate surface area is 199 Å². The maximum atomic E-state index is 6.18. The topological polar surface area (TPSA) is 33.5 Å². The van der Waals surface area contributed by atoms with Crippen molar-refractivity contribution in [3.8, 4) is 17.0 Å². The lowest BCUT2D eigenvalue weighted by atomic mass is 10.1. The van der Waals surface area contributed by atoms with Crippen LogP contribution >= 0.6 is 23.2 Å². The van der Waals surface area contributed by atoms with E-state index in [1.807, 2.05) is 30.3 Å². The second kappa shape index (κ2) is 9.34. The van der Waals surface area contributed by atoms with Gasteiger partial charge in [0.15, 0.2) is 0 Å². The molecule has 0 amide bonds. The van der Waals surface area contributed by atoms with E-state index in [1.54, 1.807) is 7.11 Å². The van der Waals surface area contributed by atoms with Gasteiger partial charge < -0.3 is 9.64 Å². The fraction of sp³-hybridized carbons (Fsp3) is 0.400. The van der Waals surface area contributed by atoms with Crippen LogP contribution in [0.15, 0.2) is 54.7 Å². The van der Waals surface area contributed by atoms with Crippen LogP contribution < -0.4 is 9.64 Å². The van der Waals surface area contributed by atoms with Crippen LogP contribution in [-0.4, -0.2) is 54.0 Å². The largest absolute Gasteiger partial charge is 0.497 e. The van der Waals surface area contributed by atoms with Gasteiger partial charge in [-0.05, 0) is 61.7 Å². The Bertz CT molecular complexity index is 1060. The number of ether oxygens (including phenoxy) is 1. The van der Waals surface area contributed by atoms with Crippen molar-refractivity contribution in [3.63, 3.8) is 0 Å². The Morgan fingerprint density at radius 3 is 2.34 bits per heavy atom. The molecule has 168 valence electrons. The Hall–Kier alpha value is -2.21. The second-order valence-corrected chi connectivity index (χ2v) is 9.47. The average molecular weight is 471 g/mol. The summed E-state index contributed by atoms with van der Waals surface area (Å²) in [5.74, 6) is 0.908. The minimum absolute atomic E-state index is 0.455. The molecule has 2 atom stereocenters. The summed E-state index contributed by atoms with van der Waals surface area (Å²) in [6, 6.07) is 17.2. The van der Waals surface area contributed by atoms with Gasteiger partial charge in [-0.15, -0.1) is 0 Å². The molecule has 2 aromatic carbocycles. The summed E-state index contributed by atoms with van der Waals surface area (Å²) < 4.78 is 7.42. The number of hydrogen-bond donors (Lipinski definition) is 0. The van der Waals surface area contributed by atoms with Gasteiger partial charge in [0.25, 0.3) is 0 Å². The molecule has 7 heteroatoms. The third-order valence-corrected chi connectivity index (χ3v) is 7.58. The first-order valence-electron chi connectivity index (χ1n) is 11.2. The van der Waals surface area contributed by atoms with Crippen LogP contribution in [0.4, 0.5) is 5.69 Å². The standard InChI is InChI=1S/C25H28Cl2N4O/c1-32-22-7-5-19(6-8-22)29-12-14-30(15-13-29)20-3-4-21(17-20)31-11-10-25(28-31)18-2-9-23(26)24(27)16-18/h2,5-11,16,20-21H,3-4,12-15,17H2,1H3. The van der Waals surface area contributed by atoms with Gasteiger partial charge in [-0.3, -0.25) is 9.58 Å². The highest BCUT2D eigenvalue weighted by Gasteiger charge is 2.32. The van der Waals surface area contributed by atoms with Crippen molar-refractivity contribution in [2.24, 2.45) is 0 Å². The molecule has 2 heterocycles. The van der Waals surface area contributed by atoms with E-state index in [1.165, 1.54) is 18.5 Å². The number of halogens is 2. The molecule has 0 bridgehead atoms. The molecule has 5 rings (SSSR count). The average Bonchev–Trinajstić information content (AvgIpc) is 3.51. The van der Waals surface area contributed by atoms with E-state index in [-0.39, 0.29) is 0 Å². The zero-order valence-corrected chi connectivity index (χ0v) is 19.8. The molecule has 0 N–H and O–H groups in total. The van der Waals surface area contributed by atoms with Gasteiger partial charge in [0.2, 0.25) is 0 Å². The van der Waals surface area contributed by atoms with Gasteiger partial charge in [-0.2, -0.15) is 5.10 Å². The third-order valence-electron chi connectivity index (χ3n) is 6.84. The van der Waals surface area contributed by atoms with Gasteiger partial charge in [0.1, 0.15) is 5.75 Å². The fourth-order valence-corrected chi connectivity index (χ4v) is 5.29. The van der Waals surface area contributed by atoms with E-state index in [9.17, 15) is 0 Å². The van der Waals surface area contributed by atoms with E-state index in [0.717, 1.165) is 49.6 Å². The Morgan fingerprint density at radius 1 is 0.875 bits per heavy atom. The molecule has 3 aromatic rings. The molecule has 5 nitrogen and oxygen atoms in total. The van der Waals surface area contributed by atoms with E-state index in [4.69, 9.17) is 33.0 Å². The molecular formula is C25H28Cl2N4O. The van der Waals surface area contributed by atoms with Gasteiger partial charge in [0, 0.05) is 49.7 Å². The molecule has 1 aliphatic carbocycles. The van der Waals surface area contributed by atoms with Gasteiger partial charge in [-0.1, -0.05) is 29.3 Å². The molecule has 2 unspecified atom stereocenters. The molecule has 1 saturated carbocycles. The molecular weight excluding hydrogens is 443 g/mol. The van der Waals surface area contributed by atoms with Crippen LogP contribution in [0.5, 0.6) is 5.75 Å². The molecule has 0 spiro atoms. The highest BCUT2D eigenvalue weighted by molar-refractivity contribution is 6.42. The van der Waals surface area contributed by atoms with Gasteiger partial charge in [-0.25, -0.2) is 0 Å². The maximum Gasteiger partial charge on any atom is 0.119 e. The summed E-state index contributed by atoms with van der Waals surface area (Å²) in [5, 5.41) is 5.99. The molecule has 1 aromatic heterocycles. The monoisotopic (exact) mass is 470 g/mol. The SMILES string of the molecule is COc1ccc(N2CCN(C3CCC(n4ccc(-c5ccc(Cl)c(Cl)c5)n4)C3)CC2)cc1. The number of nitrogens with zero attached hydrogens (tertiary/aromatic N) is 4. The third kappa shape index (κ3) is 4.47. The maximum absolute atomic E-state index is 6.18. The van der Waals surface area contributed by atoms with Crippen LogP contribution in [0, 0.1) is 0 Å². The summed E-state index contributed by atoms with van der Waals surface area (Å²) in [5.41, 5.74) is 3.23. The predicted octanol–water partition coefficient (Wildman–Crippen LogP) is 5.78. The molecule has 32 heavy (non-hydrogen) atoms. The number of rotatable bonds is 5. The van der Waals surface area contributed by atoms with E-state index < -0.39 is 0 Å². The van der Waals surface area contributed by atoms with Crippen molar-refractivity contribution in [3.05, 3.63) is 64.8 Å². The van der Waals surface area contributed by atoms with Gasteiger partial charge >= 0.3 is 0 Å². The smallest absolute Gasteiger partial charge is 0.119 e. The Balaban J connectivity index is 1.17. The lowest BCUT2D eigenvalue weighted by Gasteiger charge is -2.39. The first kappa shape index (κ1) is 21.6. The van der Waals surface area contributed by atoms with Crippen LogP contribution in [0.3, 0.4) is 0 Å². The lowest BCUT2D eigenvalue weighted by molar-refractivity contribution is 0.183. The molecule has 2 fully saturated rings. The quantitative estimate of drug-likeness (QED) is 0.472. The highest BCUT2D eigenvalue weighted by Crippen LogP contribution is 2.35. The normalized spacial score (nSPS) is 21.8.